The van der Waals surface area contributed by atoms with Gasteiger partial charge in [-0.1, -0.05) is 43.2 Å². The topological polar surface area (TPSA) is 45.7 Å². The Morgan fingerprint density at radius 3 is 2.54 bits per heavy atom. The van der Waals surface area contributed by atoms with Crippen LogP contribution < -0.4 is 10.6 Å². The lowest BCUT2D eigenvalue weighted by molar-refractivity contribution is -0.171. The van der Waals surface area contributed by atoms with E-state index in [1.807, 2.05) is 7.05 Å². The first-order valence-electron chi connectivity index (χ1n) is 10.4. The highest BCUT2D eigenvalue weighted by atomic mass is 16.5. The first-order valence-corrected chi connectivity index (χ1v) is 10.4. The zero-order valence-corrected chi connectivity index (χ0v) is 15.8. The Balaban J connectivity index is 1.25. The molecule has 2 N–H and O–H groups in total. The summed E-state index contributed by atoms with van der Waals surface area (Å²) in [6, 6.07) is 11.6. The smallest absolute Gasteiger partial charge is 0.191 e. The lowest BCUT2D eigenvalue weighted by Gasteiger charge is -2.63. The highest BCUT2D eigenvalue weighted by molar-refractivity contribution is 5.80. The van der Waals surface area contributed by atoms with Gasteiger partial charge in [-0.3, -0.25) is 4.99 Å². The van der Waals surface area contributed by atoms with E-state index < -0.39 is 0 Å². The van der Waals surface area contributed by atoms with E-state index in [0.717, 1.165) is 19.1 Å². The maximum Gasteiger partial charge on any atom is 0.191 e. The fourth-order valence-electron chi connectivity index (χ4n) is 6.01. The van der Waals surface area contributed by atoms with Crippen LogP contribution in [0, 0.1) is 11.3 Å². The van der Waals surface area contributed by atoms with Crippen LogP contribution in [0.15, 0.2) is 35.3 Å². The summed E-state index contributed by atoms with van der Waals surface area (Å²) in [6.45, 7) is 1.92. The summed E-state index contributed by atoms with van der Waals surface area (Å²) in [5, 5.41) is 7.47. The Labute approximate surface area is 156 Å². The number of fused-ring (bicyclic) bond motifs is 2. The quantitative estimate of drug-likeness (QED) is 0.645. The van der Waals surface area contributed by atoms with Gasteiger partial charge in [0.05, 0.1) is 6.10 Å². The van der Waals surface area contributed by atoms with Crippen LogP contribution in [0.5, 0.6) is 0 Å². The molecule has 3 atom stereocenters. The molecule has 0 amide bonds. The average Bonchev–Trinajstić information content (AvgIpc) is 3.01. The molecule has 4 nitrogen and oxygen atoms in total. The first-order chi connectivity index (χ1) is 12.8. The Morgan fingerprint density at radius 1 is 1.15 bits per heavy atom. The van der Waals surface area contributed by atoms with Gasteiger partial charge in [-0.25, -0.2) is 0 Å². The molecule has 1 saturated heterocycles. The molecule has 1 spiro atoms. The monoisotopic (exact) mass is 353 g/mol. The van der Waals surface area contributed by atoms with Gasteiger partial charge in [0.2, 0.25) is 0 Å². The van der Waals surface area contributed by atoms with E-state index in [4.69, 9.17) is 4.74 Å². The number of rotatable bonds is 4. The normalized spacial score (nSPS) is 33.6. The highest BCUT2D eigenvalue weighted by Crippen LogP contribution is 2.62. The average molecular weight is 354 g/mol. The summed E-state index contributed by atoms with van der Waals surface area (Å²) in [6.07, 6.45) is 9.57. The van der Waals surface area contributed by atoms with E-state index in [9.17, 15) is 0 Å². The van der Waals surface area contributed by atoms with Crippen LogP contribution >= 0.6 is 0 Å². The van der Waals surface area contributed by atoms with Crippen LogP contribution in [0.25, 0.3) is 0 Å². The van der Waals surface area contributed by atoms with Gasteiger partial charge in [0, 0.05) is 43.0 Å². The van der Waals surface area contributed by atoms with Gasteiger partial charge in [0.1, 0.15) is 0 Å². The van der Waals surface area contributed by atoms with Crippen LogP contribution in [0.2, 0.25) is 0 Å². The van der Waals surface area contributed by atoms with Crippen molar-refractivity contribution in [1.82, 2.24) is 10.6 Å². The van der Waals surface area contributed by atoms with E-state index in [1.54, 1.807) is 0 Å². The summed E-state index contributed by atoms with van der Waals surface area (Å²) in [7, 11) is 1.90. The maximum atomic E-state index is 6.05. The van der Waals surface area contributed by atoms with Gasteiger partial charge in [-0.05, 0) is 37.7 Å². The van der Waals surface area contributed by atoms with Crippen LogP contribution in [-0.2, 0) is 10.2 Å². The van der Waals surface area contributed by atoms with Crippen LogP contribution in [0.4, 0.5) is 0 Å². The number of ether oxygens (including phenoxy) is 1. The third kappa shape index (κ3) is 2.34. The molecular formula is C22H31N3O. The first kappa shape index (κ1) is 16.6. The zero-order valence-electron chi connectivity index (χ0n) is 15.8. The molecule has 140 valence electrons. The van der Waals surface area contributed by atoms with Crippen molar-refractivity contribution in [2.75, 3.05) is 20.2 Å². The summed E-state index contributed by atoms with van der Waals surface area (Å²) in [5.74, 6) is 1.66. The number of hydrogen-bond acceptors (Lipinski definition) is 2. The third-order valence-electron chi connectivity index (χ3n) is 7.84. The molecule has 1 aromatic carbocycles. The second-order valence-corrected chi connectivity index (χ2v) is 8.88. The molecule has 0 radical (unpaired) electrons. The Morgan fingerprint density at radius 2 is 1.92 bits per heavy atom. The minimum atomic E-state index is 0.283. The summed E-state index contributed by atoms with van der Waals surface area (Å²) < 4.78 is 6.05. The number of guanidine groups is 1. The maximum absolute atomic E-state index is 6.05. The van der Waals surface area contributed by atoms with E-state index in [-0.39, 0.29) is 5.41 Å². The summed E-state index contributed by atoms with van der Waals surface area (Å²) in [4.78, 5) is 4.56. The fourth-order valence-corrected chi connectivity index (χ4v) is 6.01. The number of nitrogens with one attached hydrogen (secondary N) is 2. The van der Waals surface area contributed by atoms with Crippen LogP contribution in [-0.4, -0.2) is 38.3 Å². The molecule has 5 rings (SSSR count). The molecule has 4 aliphatic rings. The minimum Gasteiger partial charge on any atom is -0.377 e. The number of nitrogens with zero attached hydrogens (tertiary/aromatic N) is 1. The lowest BCUT2D eigenvalue weighted by Crippen LogP contribution is -2.72. The van der Waals surface area contributed by atoms with E-state index in [0.29, 0.717) is 23.5 Å². The van der Waals surface area contributed by atoms with Crippen molar-refractivity contribution in [3.63, 3.8) is 0 Å². The zero-order chi connectivity index (χ0) is 17.6. The molecule has 26 heavy (non-hydrogen) atoms. The predicted molar refractivity (Wildman–Crippen MR) is 104 cm³/mol. The van der Waals surface area contributed by atoms with Gasteiger partial charge >= 0.3 is 0 Å². The standard InChI is InChI=1S/C22H31N3O/c1-23-20(24-15-21(10-5-11-21)16-7-3-2-4-8-16)25-18-17-9-14-26-19(17)22(18)12-6-13-22/h2-4,7-8,17-19H,5-6,9-15H2,1H3,(H2,23,24,25). The van der Waals surface area contributed by atoms with Gasteiger partial charge in [-0.15, -0.1) is 0 Å². The highest BCUT2D eigenvalue weighted by Gasteiger charge is 2.66. The van der Waals surface area contributed by atoms with Crippen molar-refractivity contribution in [1.29, 1.82) is 0 Å². The van der Waals surface area contributed by atoms with Crippen LogP contribution in [0.1, 0.15) is 50.5 Å². The molecule has 1 heterocycles. The molecule has 3 saturated carbocycles. The second kappa shape index (κ2) is 6.26. The molecule has 0 aromatic heterocycles. The molecular weight excluding hydrogens is 322 g/mol. The van der Waals surface area contributed by atoms with Crippen molar-refractivity contribution < 1.29 is 4.74 Å². The largest absolute Gasteiger partial charge is 0.377 e. The molecule has 3 unspecified atom stereocenters. The van der Waals surface area contributed by atoms with E-state index in [2.05, 4.69) is 46.0 Å². The van der Waals surface area contributed by atoms with Crippen molar-refractivity contribution in [2.24, 2.45) is 16.3 Å². The molecule has 1 aromatic rings. The SMILES string of the molecule is CN=C(NCC1(c2ccccc2)CCC1)NC1C2CCOC2C12CCC2. The summed E-state index contributed by atoms with van der Waals surface area (Å²) >= 11 is 0. The predicted octanol–water partition coefficient (Wildman–Crippen LogP) is 3.23. The van der Waals surface area contributed by atoms with Gasteiger partial charge < -0.3 is 15.4 Å². The van der Waals surface area contributed by atoms with E-state index in [1.165, 1.54) is 50.5 Å². The van der Waals surface area contributed by atoms with Crippen LogP contribution in [0.3, 0.4) is 0 Å². The van der Waals surface area contributed by atoms with Crippen molar-refractivity contribution in [2.45, 2.75) is 62.5 Å². The second-order valence-electron chi connectivity index (χ2n) is 8.88. The number of aliphatic imine (C=N–C) groups is 1. The van der Waals surface area contributed by atoms with Gasteiger partial charge in [0.25, 0.3) is 0 Å². The Bertz CT molecular complexity index is 678. The Kier molecular flexibility index (Phi) is 4.00. The van der Waals surface area contributed by atoms with Crippen molar-refractivity contribution in [3.8, 4) is 0 Å². The third-order valence-corrected chi connectivity index (χ3v) is 7.84. The fraction of sp³-hybridized carbons (Fsp3) is 0.682. The molecule has 1 aliphatic heterocycles. The lowest BCUT2D eigenvalue weighted by atomic mass is 9.46. The summed E-state index contributed by atoms with van der Waals surface area (Å²) in [5.41, 5.74) is 2.15. The molecule has 0 bridgehead atoms. The number of benzene rings is 1. The molecule has 3 aliphatic carbocycles. The minimum absolute atomic E-state index is 0.283. The van der Waals surface area contributed by atoms with Crippen molar-refractivity contribution in [3.05, 3.63) is 35.9 Å². The van der Waals surface area contributed by atoms with Gasteiger partial charge in [0.15, 0.2) is 5.96 Å². The number of hydrogen-bond donors (Lipinski definition) is 2. The molecule has 4 fully saturated rings. The molecule has 4 heteroatoms. The Hall–Kier alpha value is -1.55. The van der Waals surface area contributed by atoms with E-state index >= 15 is 0 Å². The van der Waals surface area contributed by atoms with Gasteiger partial charge in [-0.2, -0.15) is 0 Å². The van der Waals surface area contributed by atoms with Crippen molar-refractivity contribution >= 4 is 5.96 Å².